The van der Waals surface area contributed by atoms with Gasteiger partial charge in [-0.25, -0.2) is 4.79 Å². The molecule has 6 nitrogen and oxygen atoms in total. The first-order valence-corrected chi connectivity index (χ1v) is 8.43. The summed E-state index contributed by atoms with van der Waals surface area (Å²) in [5.41, 5.74) is -0.112. The van der Waals surface area contributed by atoms with E-state index in [4.69, 9.17) is 0 Å². The fourth-order valence-electron chi connectivity index (χ4n) is 3.97. The predicted molar refractivity (Wildman–Crippen MR) is 82.7 cm³/mol. The summed E-state index contributed by atoms with van der Waals surface area (Å²) in [6.07, 6.45) is 7.05. The van der Waals surface area contributed by atoms with Crippen molar-refractivity contribution >= 4 is 6.03 Å². The Morgan fingerprint density at radius 1 is 1.19 bits per heavy atom. The van der Waals surface area contributed by atoms with Crippen LogP contribution in [-0.4, -0.2) is 60.5 Å². The highest BCUT2D eigenvalue weighted by atomic mass is 16.2. The molecule has 3 aliphatic rings. The van der Waals surface area contributed by atoms with Crippen LogP contribution < -0.4 is 16.0 Å². The highest BCUT2D eigenvalue weighted by Crippen LogP contribution is 2.22. The molecule has 2 heterocycles. The Balaban J connectivity index is 1.56. The van der Waals surface area contributed by atoms with E-state index in [0.29, 0.717) is 6.04 Å². The van der Waals surface area contributed by atoms with Crippen molar-refractivity contribution in [3.05, 3.63) is 0 Å². The van der Waals surface area contributed by atoms with E-state index in [9.17, 15) is 4.79 Å². The van der Waals surface area contributed by atoms with E-state index in [1.165, 1.54) is 19.3 Å². The van der Waals surface area contributed by atoms with Crippen LogP contribution in [0.4, 0.5) is 4.79 Å². The Labute approximate surface area is 127 Å². The predicted octanol–water partition coefficient (Wildman–Crippen LogP) is 0.860. The SMILES string of the molecule is CCC1(NC(=O)NC2CCCCC2)CN2CNCN(C2)C1. The molecular formula is C15H29N5O. The molecule has 2 amide bonds. The van der Waals surface area contributed by atoms with E-state index in [2.05, 4.69) is 32.7 Å². The molecule has 2 saturated heterocycles. The number of rotatable bonds is 3. The molecule has 2 atom stereocenters. The van der Waals surface area contributed by atoms with Crippen LogP contribution in [0, 0.1) is 0 Å². The quantitative estimate of drug-likeness (QED) is 0.723. The van der Waals surface area contributed by atoms with Gasteiger partial charge in [0.25, 0.3) is 0 Å². The lowest BCUT2D eigenvalue weighted by molar-refractivity contribution is -0.0241. The Hall–Kier alpha value is -0.850. The third kappa shape index (κ3) is 3.67. The van der Waals surface area contributed by atoms with Crippen LogP contribution in [0.2, 0.25) is 0 Å². The molecule has 0 aromatic carbocycles. The summed E-state index contributed by atoms with van der Waals surface area (Å²) >= 11 is 0. The number of amides is 2. The minimum absolute atomic E-state index is 0.0269. The third-order valence-corrected chi connectivity index (χ3v) is 5.12. The molecule has 2 unspecified atom stereocenters. The van der Waals surface area contributed by atoms with E-state index in [1.54, 1.807) is 0 Å². The fourth-order valence-corrected chi connectivity index (χ4v) is 3.97. The van der Waals surface area contributed by atoms with Crippen LogP contribution in [0.3, 0.4) is 0 Å². The highest BCUT2D eigenvalue weighted by Gasteiger charge is 2.40. The van der Waals surface area contributed by atoms with Gasteiger partial charge in [0.2, 0.25) is 0 Å². The van der Waals surface area contributed by atoms with Crippen molar-refractivity contribution in [1.29, 1.82) is 0 Å². The van der Waals surface area contributed by atoms with Gasteiger partial charge in [0, 0.05) is 19.1 Å². The lowest BCUT2D eigenvalue weighted by Gasteiger charge is -2.50. The van der Waals surface area contributed by atoms with Crippen molar-refractivity contribution in [3.63, 3.8) is 0 Å². The van der Waals surface area contributed by atoms with E-state index in [-0.39, 0.29) is 11.6 Å². The summed E-state index contributed by atoms with van der Waals surface area (Å²) in [5, 5.41) is 9.88. The maximum atomic E-state index is 12.4. The normalized spacial score (nSPS) is 37.0. The lowest BCUT2D eigenvalue weighted by Crippen LogP contribution is -2.71. The topological polar surface area (TPSA) is 59.6 Å². The van der Waals surface area contributed by atoms with Crippen molar-refractivity contribution in [2.24, 2.45) is 0 Å². The number of hydrogen-bond acceptors (Lipinski definition) is 4. The zero-order valence-electron chi connectivity index (χ0n) is 13.2. The summed E-state index contributed by atoms with van der Waals surface area (Å²) in [7, 11) is 0. The largest absolute Gasteiger partial charge is 0.335 e. The lowest BCUT2D eigenvalue weighted by atomic mass is 9.92. The van der Waals surface area contributed by atoms with Crippen molar-refractivity contribution in [2.75, 3.05) is 33.1 Å². The van der Waals surface area contributed by atoms with Gasteiger partial charge in [-0.1, -0.05) is 26.2 Å². The second-order valence-corrected chi connectivity index (χ2v) is 6.93. The smallest absolute Gasteiger partial charge is 0.315 e. The summed E-state index contributed by atoms with van der Waals surface area (Å²) in [6, 6.07) is 0.400. The molecule has 0 aromatic heterocycles. The molecule has 1 saturated carbocycles. The zero-order chi connectivity index (χ0) is 14.7. The summed E-state index contributed by atoms with van der Waals surface area (Å²) in [5.74, 6) is 0. The Morgan fingerprint density at radius 2 is 1.86 bits per heavy atom. The molecule has 2 bridgehead atoms. The van der Waals surface area contributed by atoms with Crippen LogP contribution in [0.1, 0.15) is 45.4 Å². The number of hydrogen-bond donors (Lipinski definition) is 3. The average molecular weight is 295 g/mol. The number of carbonyl (C=O) groups is 1. The molecule has 0 spiro atoms. The first kappa shape index (κ1) is 15.1. The minimum Gasteiger partial charge on any atom is -0.335 e. The second kappa shape index (κ2) is 6.50. The van der Waals surface area contributed by atoms with Gasteiger partial charge in [-0.3, -0.25) is 15.1 Å². The van der Waals surface area contributed by atoms with Gasteiger partial charge in [-0.15, -0.1) is 0 Å². The highest BCUT2D eigenvalue weighted by molar-refractivity contribution is 5.75. The Bertz CT molecular complexity index is 357. The minimum atomic E-state index is -0.112. The molecule has 3 rings (SSSR count). The van der Waals surface area contributed by atoms with Crippen molar-refractivity contribution in [2.45, 2.75) is 57.0 Å². The van der Waals surface area contributed by atoms with Gasteiger partial charge in [0.1, 0.15) is 0 Å². The van der Waals surface area contributed by atoms with Crippen LogP contribution in [0.5, 0.6) is 0 Å². The number of urea groups is 1. The molecule has 21 heavy (non-hydrogen) atoms. The molecular weight excluding hydrogens is 266 g/mol. The average Bonchev–Trinajstić information content (AvgIpc) is 2.47. The van der Waals surface area contributed by atoms with Crippen molar-refractivity contribution in [1.82, 2.24) is 25.8 Å². The van der Waals surface area contributed by atoms with E-state index in [1.807, 2.05) is 0 Å². The van der Waals surface area contributed by atoms with Gasteiger partial charge in [-0.05, 0) is 19.3 Å². The second-order valence-electron chi connectivity index (χ2n) is 6.93. The monoisotopic (exact) mass is 295 g/mol. The molecule has 3 fully saturated rings. The van der Waals surface area contributed by atoms with Gasteiger partial charge >= 0.3 is 6.03 Å². The first-order chi connectivity index (χ1) is 10.2. The van der Waals surface area contributed by atoms with Crippen LogP contribution in [-0.2, 0) is 0 Å². The van der Waals surface area contributed by atoms with Gasteiger partial charge in [0.15, 0.2) is 0 Å². The van der Waals surface area contributed by atoms with Crippen molar-refractivity contribution < 1.29 is 4.79 Å². The number of carbonyl (C=O) groups excluding carboxylic acids is 1. The molecule has 0 aromatic rings. The van der Waals surface area contributed by atoms with E-state index < -0.39 is 0 Å². The first-order valence-electron chi connectivity index (χ1n) is 8.43. The molecule has 2 aliphatic heterocycles. The summed E-state index contributed by atoms with van der Waals surface area (Å²) in [4.78, 5) is 17.1. The summed E-state index contributed by atoms with van der Waals surface area (Å²) in [6.45, 7) is 6.91. The van der Waals surface area contributed by atoms with Gasteiger partial charge in [0.05, 0.1) is 25.5 Å². The Kier molecular flexibility index (Phi) is 4.66. The summed E-state index contributed by atoms with van der Waals surface area (Å²) < 4.78 is 0. The molecule has 1 aliphatic carbocycles. The van der Waals surface area contributed by atoms with Crippen LogP contribution in [0.15, 0.2) is 0 Å². The van der Waals surface area contributed by atoms with Crippen LogP contribution >= 0.6 is 0 Å². The maximum absolute atomic E-state index is 12.4. The maximum Gasteiger partial charge on any atom is 0.315 e. The number of nitrogens with zero attached hydrogens (tertiary/aromatic N) is 2. The van der Waals surface area contributed by atoms with E-state index in [0.717, 1.165) is 52.4 Å². The van der Waals surface area contributed by atoms with E-state index >= 15 is 0 Å². The fraction of sp³-hybridized carbons (Fsp3) is 0.933. The molecule has 0 radical (unpaired) electrons. The zero-order valence-corrected chi connectivity index (χ0v) is 13.2. The van der Waals surface area contributed by atoms with Crippen LogP contribution in [0.25, 0.3) is 0 Å². The standard InChI is InChI=1S/C15H29N5O/c1-2-15(8-19-10-16-11-20(9-15)12-19)18-14(21)17-13-6-4-3-5-7-13/h13,16H,2-12H2,1H3,(H2,17,18,21). The molecule has 6 heteroatoms. The number of fused-ring (bicyclic) bond motifs is 2. The van der Waals surface area contributed by atoms with Gasteiger partial charge in [-0.2, -0.15) is 0 Å². The Morgan fingerprint density at radius 3 is 2.48 bits per heavy atom. The number of nitrogens with one attached hydrogen (secondary N) is 3. The molecule has 120 valence electrons. The molecule has 3 N–H and O–H groups in total. The van der Waals surface area contributed by atoms with Crippen molar-refractivity contribution in [3.8, 4) is 0 Å². The third-order valence-electron chi connectivity index (χ3n) is 5.12. The van der Waals surface area contributed by atoms with Gasteiger partial charge < -0.3 is 10.6 Å².